The molecule has 0 aliphatic heterocycles. The SMILES string of the molecule is [CH2]C(=O)OCC1CCCCCC1. The molecule has 1 aliphatic carbocycles. The Morgan fingerprint density at radius 1 is 1.25 bits per heavy atom. The second-order valence-corrected chi connectivity index (χ2v) is 3.54. The molecule has 0 atom stereocenters. The highest BCUT2D eigenvalue weighted by Gasteiger charge is 2.12. The molecule has 0 heterocycles. The summed E-state index contributed by atoms with van der Waals surface area (Å²) in [4.78, 5) is 10.4. The summed E-state index contributed by atoms with van der Waals surface area (Å²) in [7, 11) is 0. The first-order valence-corrected chi connectivity index (χ1v) is 4.78. The zero-order valence-corrected chi connectivity index (χ0v) is 7.55. The van der Waals surface area contributed by atoms with Crippen LogP contribution >= 0.6 is 0 Å². The van der Waals surface area contributed by atoms with Crippen molar-refractivity contribution in [1.29, 1.82) is 0 Å². The van der Waals surface area contributed by atoms with Crippen molar-refractivity contribution in [3.05, 3.63) is 6.92 Å². The Labute approximate surface area is 74.3 Å². The van der Waals surface area contributed by atoms with Gasteiger partial charge >= 0.3 is 5.97 Å². The molecule has 1 radical (unpaired) electrons. The number of esters is 1. The maximum absolute atomic E-state index is 10.4. The van der Waals surface area contributed by atoms with Crippen LogP contribution in [-0.2, 0) is 9.53 Å². The summed E-state index contributed by atoms with van der Waals surface area (Å²) in [6.07, 6.45) is 7.70. The molecule has 12 heavy (non-hydrogen) atoms. The molecule has 69 valence electrons. The number of carbonyl (C=O) groups is 1. The predicted octanol–water partition coefficient (Wildman–Crippen LogP) is 2.33. The first-order chi connectivity index (χ1) is 5.79. The van der Waals surface area contributed by atoms with E-state index in [4.69, 9.17) is 4.74 Å². The lowest BCUT2D eigenvalue weighted by Gasteiger charge is -2.12. The van der Waals surface area contributed by atoms with Gasteiger partial charge in [0.25, 0.3) is 0 Å². The van der Waals surface area contributed by atoms with Gasteiger partial charge in [-0.2, -0.15) is 0 Å². The molecule has 1 fully saturated rings. The van der Waals surface area contributed by atoms with E-state index in [-0.39, 0.29) is 5.97 Å². The molecule has 0 N–H and O–H groups in total. The van der Waals surface area contributed by atoms with E-state index < -0.39 is 0 Å². The number of rotatable bonds is 2. The van der Waals surface area contributed by atoms with Crippen molar-refractivity contribution < 1.29 is 9.53 Å². The normalized spacial score (nSPS) is 20.1. The second kappa shape index (κ2) is 5.18. The molecule has 0 saturated heterocycles. The van der Waals surface area contributed by atoms with Gasteiger partial charge in [0.15, 0.2) is 0 Å². The lowest BCUT2D eigenvalue weighted by Crippen LogP contribution is -2.11. The molecule has 0 aromatic rings. The smallest absolute Gasteiger partial charge is 0.306 e. The van der Waals surface area contributed by atoms with Gasteiger partial charge in [-0.15, -0.1) is 0 Å². The van der Waals surface area contributed by atoms with E-state index in [1.807, 2.05) is 0 Å². The summed E-state index contributed by atoms with van der Waals surface area (Å²) < 4.78 is 4.89. The Morgan fingerprint density at radius 2 is 1.83 bits per heavy atom. The van der Waals surface area contributed by atoms with Gasteiger partial charge in [-0.25, -0.2) is 0 Å². The Balaban J connectivity index is 2.16. The standard InChI is InChI=1S/C10H17O2/c1-9(11)12-8-10-6-4-2-3-5-7-10/h10H,1-8H2. The summed E-state index contributed by atoms with van der Waals surface area (Å²) in [5.74, 6) is 0.206. The predicted molar refractivity (Wildman–Crippen MR) is 47.5 cm³/mol. The Bertz CT molecular complexity index is 135. The molecule has 0 unspecified atom stereocenters. The molecule has 0 amide bonds. The van der Waals surface area contributed by atoms with Crippen LogP contribution in [0.3, 0.4) is 0 Å². The summed E-state index contributed by atoms with van der Waals surface area (Å²) in [6.45, 7) is 3.77. The van der Waals surface area contributed by atoms with Crippen LogP contribution in [0.4, 0.5) is 0 Å². The van der Waals surface area contributed by atoms with Crippen LogP contribution in [0.5, 0.6) is 0 Å². The average molecular weight is 169 g/mol. The highest BCUT2D eigenvalue weighted by Crippen LogP contribution is 2.22. The molecule has 2 heteroatoms. The van der Waals surface area contributed by atoms with Crippen LogP contribution in [0, 0.1) is 12.8 Å². The van der Waals surface area contributed by atoms with Gasteiger partial charge in [-0.3, -0.25) is 4.79 Å². The lowest BCUT2D eigenvalue weighted by atomic mass is 10.0. The third kappa shape index (κ3) is 3.74. The van der Waals surface area contributed by atoms with Crippen molar-refractivity contribution in [3.8, 4) is 0 Å². The van der Waals surface area contributed by atoms with Gasteiger partial charge in [-0.1, -0.05) is 25.7 Å². The Hall–Kier alpha value is -0.530. The van der Waals surface area contributed by atoms with E-state index in [1.165, 1.54) is 38.5 Å². The van der Waals surface area contributed by atoms with Crippen molar-refractivity contribution in [2.75, 3.05) is 6.61 Å². The van der Waals surface area contributed by atoms with Crippen LogP contribution in [0.1, 0.15) is 38.5 Å². The molecule has 2 nitrogen and oxygen atoms in total. The van der Waals surface area contributed by atoms with Gasteiger partial charge in [0.1, 0.15) is 0 Å². The van der Waals surface area contributed by atoms with Crippen molar-refractivity contribution in [1.82, 2.24) is 0 Å². The third-order valence-electron chi connectivity index (χ3n) is 2.45. The highest BCUT2D eigenvalue weighted by atomic mass is 16.5. The maximum atomic E-state index is 10.4. The molecule has 0 bridgehead atoms. The first kappa shape index (κ1) is 9.56. The quantitative estimate of drug-likeness (QED) is 0.468. The Morgan fingerprint density at radius 3 is 2.33 bits per heavy atom. The van der Waals surface area contributed by atoms with Crippen molar-refractivity contribution in [2.45, 2.75) is 38.5 Å². The van der Waals surface area contributed by atoms with E-state index in [9.17, 15) is 4.79 Å². The van der Waals surface area contributed by atoms with E-state index in [0.29, 0.717) is 12.5 Å². The maximum Gasteiger partial charge on any atom is 0.306 e. The average Bonchev–Trinajstić information content (AvgIpc) is 2.28. The fraction of sp³-hybridized carbons (Fsp3) is 0.800. The minimum atomic E-state index is -0.390. The second-order valence-electron chi connectivity index (χ2n) is 3.54. The summed E-state index contributed by atoms with van der Waals surface area (Å²) in [6, 6.07) is 0. The van der Waals surface area contributed by atoms with Crippen molar-refractivity contribution >= 4 is 5.97 Å². The number of carbonyl (C=O) groups excluding carboxylic acids is 1. The number of hydrogen-bond acceptors (Lipinski definition) is 2. The fourth-order valence-electron chi connectivity index (χ4n) is 1.74. The van der Waals surface area contributed by atoms with Crippen LogP contribution in [0.2, 0.25) is 0 Å². The fourth-order valence-corrected chi connectivity index (χ4v) is 1.74. The molecule has 0 aromatic heterocycles. The molecule has 1 aliphatic rings. The van der Waals surface area contributed by atoms with Gasteiger partial charge in [0.2, 0.25) is 0 Å². The van der Waals surface area contributed by atoms with Gasteiger partial charge < -0.3 is 4.74 Å². The summed E-state index contributed by atoms with van der Waals surface area (Å²) >= 11 is 0. The van der Waals surface area contributed by atoms with E-state index in [0.717, 1.165) is 0 Å². The summed E-state index contributed by atoms with van der Waals surface area (Å²) in [5, 5.41) is 0. The van der Waals surface area contributed by atoms with Crippen LogP contribution in [0.15, 0.2) is 0 Å². The van der Waals surface area contributed by atoms with Gasteiger partial charge in [-0.05, 0) is 18.8 Å². The van der Waals surface area contributed by atoms with E-state index >= 15 is 0 Å². The monoisotopic (exact) mass is 169 g/mol. The minimum absolute atomic E-state index is 0.390. The molecule has 1 rings (SSSR count). The topological polar surface area (TPSA) is 26.3 Å². The molecule has 0 spiro atoms. The third-order valence-corrected chi connectivity index (χ3v) is 2.45. The Kier molecular flexibility index (Phi) is 4.12. The van der Waals surface area contributed by atoms with E-state index in [2.05, 4.69) is 6.92 Å². The lowest BCUT2D eigenvalue weighted by molar-refractivity contribution is -0.139. The van der Waals surface area contributed by atoms with Crippen LogP contribution in [-0.4, -0.2) is 12.6 Å². The number of hydrogen-bond donors (Lipinski definition) is 0. The van der Waals surface area contributed by atoms with Gasteiger partial charge in [0.05, 0.1) is 13.5 Å². The van der Waals surface area contributed by atoms with E-state index in [1.54, 1.807) is 0 Å². The van der Waals surface area contributed by atoms with Crippen molar-refractivity contribution in [2.24, 2.45) is 5.92 Å². The number of ether oxygens (including phenoxy) is 1. The van der Waals surface area contributed by atoms with Crippen molar-refractivity contribution in [3.63, 3.8) is 0 Å². The highest BCUT2D eigenvalue weighted by molar-refractivity contribution is 5.73. The first-order valence-electron chi connectivity index (χ1n) is 4.78. The zero-order chi connectivity index (χ0) is 8.81. The largest absolute Gasteiger partial charge is 0.465 e. The molecular weight excluding hydrogens is 152 g/mol. The minimum Gasteiger partial charge on any atom is -0.465 e. The summed E-state index contributed by atoms with van der Waals surface area (Å²) in [5.41, 5.74) is 0. The van der Waals surface area contributed by atoms with Crippen LogP contribution < -0.4 is 0 Å². The zero-order valence-electron chi connectivity index (χ0n) is 7.55. The van der Waals surface area contributed by atoms with Crippen LogP contribution in [0.25, 0.3) is 0 Å². The van der Waals surface area contributed by atoms with Gasteiger partial charge in [0, 0.05) is 0 Å². The molecule has 1 saturated carbocycles. The molecular formula is C10H17O2. The molecule has 0 aromatic carbocycles.